The summed E-state index contributed by atoms with van der Waals surface area (Å²) in [4.78, 5) is 5.71. The average molecular weight is 293 g/mol. The van der Waals surface area contributed by atoms with Gasteiger partial charge in [0.1, 0.15) is 17.1 Å². The minimum absolute atomic E-state index is 0.124. The molecule has 2 aromatic rings. The first kappa shape index (κ1) is 13.4. The van der Waals surface area contributed by atoms with Crippen LogP contribution in [0, 0.1) is 0 Å². The van der Waals surface area contributed by atoms with Crippen LogP contribution in [-0.2, 0) is 14.7 Å². The SMILES string of the molecule is CN1OC[C@@H](S(=O)(=O)c2ccccc2)[C@@H]1c1ccco1. The van der Waals surface area contributed by atoms with Gasteiger partial charge in [-0.2, -0.15) is 5.06 Å². The number of furan rings is 1. The molecule has 0 aliphatic carbocycles. The van der Waals surface area contributed by atoms with Crippen molar-refractivity contribution in [3.63, 3.8) is 0 Å². The third-order valence-corrected chi connectivity index (χ3v) is 5.61. The smallest absolute Gasteiger partial charge is 0.185 e. The Bertz CT molecular complexity index is 666. The first-order valence-corrected chi connectivity index (χ1v) is 7.83. The molecule has 1 saturated heterocycles. The van der Waals surface area contributed by atoms with Gasteiger partial charge in [-0.1, -0.05) is 18.2 Å². The number of nitrogens with zero attached hydrogens (tertiary/aromatic N) is 1. The van der Waals surface area contributed by atoms with Crippen LogP contribution in [0.15, 0.2) is 58.0 Å². The summed E-state index contributed by atoms with van der Waals surface area (Å²) < 4.78 is 30.8. The van der Waals surface area contributed by atoms with Gasteiger partial charge in [0, 0.05) is 7.05 Å². The normalized spacial score (nSPS) is 24.1. The van der Waals surface area contributed by atoms with Crippen molar-refractivity contribution in [3.8, 4) is 0 Å². The summed E-state index contributed by atoms with van der Waals surface area (Å²) in [6.45, 7) is 0.124. The molecule has 1 aromatic heterocycles. The van der Waals surface area contributed by atoms with Gasteiger partial charge in [-0.05, 0) is 24.3 Å². The lowest BCUT2D eigenvalue weighted by Gasteiger charge is -2.20. The molecule has 2 heterocycles. The highest BCUT2D eigenvalue weighted by Gasteiger charge is 2.45. The second-order valence-corrected chi connectivity index (χ2v) is 6.87. The third kappa shape index (κ3) is 2.15. The molecule has 1 aromatic carbocycles. The zero-order valence-corrected chi connectivity index (χ0v) is 11.8. The molecule has 5 nitrogen and oxygen atoms in total. The highest BCUT2D eigenvalue weighted by atomic mass is 32.2. The fourth-order valence-electron chi connectivity index (χ4n) is 2.46. The van der Waals surface area contributed by atoms with Gasteiger partial charge in [-0.15, -0.1) is 0 Å². The molecule has 0 N–H and O–H groups in total. The third-order valence-electron chi connectivity index (χ3n) is 3.49. The summed E-state index contributed by atoms with van der Waals surface area (Å²) in [6.07, 6.45) is 1.54. The lowest BCUT2D eigenvalue weighted by molar-refractivity contribution is -0.113. The van der Waals surface area contributed by atoms with Crippen molar-refractivity contribution in [3.05, 3.63) is 54.5 Å². The Kier molecular flexibility index (Phi) is 3.37. The van der Waals surface area contributed by atoms with Crippen LogP contribution in [0.25, 0.3) is 0 Å². The molecule has 1 fully saturated rings. The van der Waals surface area contributed by atoms with E-state index in [1.54, 1.807) is 54.6 Å². The quantitative estimate of drug-likeness (QED) is 0.866. The van der Waals surface area contributed by atoms with Gasteiger partial charge >= 0.3 is 0 Å². The van der Waals surface area contributed by atoms with Crippen molar-refractivity contribution in [2.45, 2.75) is 16.2 Å². The van der Waals surface area contributed by atoms with E-state index in [1.807, 2.05) is 0 Å². The highest BCUT2D eigenvalue weighted by Crippen LogP contribution is 2.36. The van der Waals surface area contributed by atoms with E-state index in [0.29, 0.717) is 10.7 Å². The van der Waals surface area contributed by atoms with Gasteiger partial charge in [0.15, 0.2) is 9.84 Å². The lowest BCUT2D eigenvalue weighted by Crippen LogP contribution is -2.30. The Balaban J connectivity index is 2.01. The number of sulfone groups is 1. The van der Waals surface area contributed by atoms with E-state index >= 15 is 0 Å². The van der Waals surface area contributed by atoms with E-state index in [4.69, 9.17) is 9.25 Å². The maximum Gasteiger partial charge on any atom is 0.185 e. The minimum Gasteiger partial charge on any atom is -0.468 e. The maximum absolute atomic E-state index is 12.7. The van der Waals surface area contributed by atoms with E-state index < -0.39 is 21.1 Å². The molecule has 6 heteroatoms. The van der Waals surface area contributed by atoms with Gasteiger partial charge < -0.3 is 4.42 Å². The molecule has 1 aliphatic heterocycles. The molecular formula is C14H15NO4S. The largest absolute Gasteiger partial charge is 0.468 e. The van der Waals surface area contributed by atoms with Crippen molar-refractivity contribution in [1.82, 2.24) is 5.06 Å². The summed E-state index contributed by atoms with van der Waals surface area (Å²) in [5.41, 5.74) is 0. The highest BCUT2D eigenvalue weighted by molar-refractivity contribution is 7.92. The van der Waals surface area contributed by atoms with Crippen LogP contribution in [0.2, 0.25) is 0 Å². The Morgan fingerprint density at radius 2 is 1.90 bits per heavy atom. The first-order chi connectivity index (χ1) is 9.60. The van der Waals surface area contributed by atoms with Crippen LogP contribution in [0.5, 0.6) is 0 Å². The number of rotatable bonds is 3. The van der Waals surface area contributed by atoms with E-state index in [1.165, 1.54) is 6.26 Å². The Morgan fingerprint density at radius 3 is 2.55 bits per heavy atom. The predicted octanol–water partition coefficient (Wildman–Crippen LogP) is 2.04. The van der Waals surface area contributed by atoms with Crippen LogP contribution < -0.4 is 0 Å². The number of hydrogen-bond acceptors (Lipinski definition) is 5. The summed E-state index contributed by atoms with van der Waals surface area (Å²) in [7, 11) is -1.76. The number of hydroxylamine groups is 2. The zero-order valence-electron chi connectivity index (χ0n) is 11.0. The molecule has 2 atom stereocenters. The fourth-order valence-corrected chi connectivity index (χ4v) is 4.23. The summed E-state index contributed by atoms with van der Waals surface area (Å²) in [5, 5.41) is 0.866. The van der Waals surface area contributed by atoms with Crippen molar-refractivity contribution in [2.75, 3.05) is 13.7 Å². The summed E-state index contributed by atoms with van der Waals surface area (Å²) in [5.74, 6) is 0.592. The molecular weight excluding hydrogens is 278 g/mol. The van der Waals surface area contributed by atoms with Crippen LogP contribution in [0.4, 0.5) is 0 Å². The topological polar surface area (TPSA) is 59.8 Å². The standard InChI is InChI=1S/C14H15NO4S/c1-15-14(12-8-5-9-18-12)13(10-19-15)20(16,17)11-6-3-2-4-7-11/h2-9,13-14H,10H2,1H3/t13-,14+/m1/s1. The van der Waals surface area contributed by atoms with E-state index in [0.717, 1.165) is 0 Å². The van der Waals surface area contributed by atoms with Crippen molar-refractivity contribution < 1.29 is 17.7 Å². The minimum atomic E-state index is -3.47. The number of benzene rings is 1. The van der Waals surface area contributed by atoms with Gasteiger partial charge in [0.05, 0.1) is 17.8 Å². The summed E-state index contributed by atoms with van der Waals surface area (Å²) in [6, 6.07) is 11.5. The van der Waals surface area contributed by atoms with E-state index in [2.05, 4.69) is 0 Å². The van der Waals surface area contributed by atoms with Crippen molar-refractivity contribution in [1.29, 1.82) is 0 Å². The van der Waals surface area contributed by atoms with Crippen LogP contribution in [0.1, 0.15) is 11.8 Å². The predicted molar refractivity (Wildman–Crippen MR) is 72.6 cm³/mol. The second-order valence-electron chi connectivity index (χ2n) is 4.70. The Hall–Kier alpha value is -1.63. The molecule has 106 valence electrons. The molecule has 20 heavy (non-hydrogen) atoms. The van der Waals surface area contributed by atoms with Crippen LogP contribution >= 0.6 is 0 Å². The van der Waals surface area contributed by atoms with E-state index in [-0.39, 0.29) is 6.61 Å². The van der Waals surface area contributed by atoms with Gasteiger partial charge in [0.25, 0.3) is 0 Å². The molecule has 0 saturated carbocycles. The zero-order chi connectivity index (χ0) is 14.2. The first-order valence-electron chi connectivity index (χ1n) is 6.29. The van der Waals surface area contributed by atoms with Crippen LogP contribution in [-0.4, -0.2) is 32.4 Å². The molecule has 0 radical (unpaired) electrons. The second kappa shape index (κ2) is 5.05. The molecule has 0 amide bonds. The van der Waals surface area contributed by atoms with Gasteiger partial charge in [0.2, 0.25) is 0 Å². The molecule has 0 unspecified atom stereocenters. The van der Waals surface area contributed by atoms with Gasteiger partial charge in [-0.25, -0.2) is 8.42 Å². The van der Waals surface area contributed by atoms with Crippen molar-refractivity contribution >= 4 is 9.84 Å². The fraction of sp³-hybridized carbons (Fsp3) is 0.286. The Morgan fingerprint density at radius 1 is 1.15 bits per heavy atom. The Labute approximate surface area is 117 Å². The lowest BCUT2D eigenvalue weighted by atomic mass is 10.2. The maximum atomic E-state index is 12.7. The summed E-state index contributed by atoms with van der Waals surface area (Å²) >= 11 is 0. The average Bonchev–Trinajstić information content (AvgIpc) is 3.08. The van der Waals surface area contributed by atoms with Gasteiger partial charge in [-0.3, -0.25) is 4.84 Å². The molecule has 1 aliphatic rings. The van der Waals surface area contributed by atoms with E-state index in [9.17, 15) is 8.42 Å². The van der Waals surface area contributed by atoms with Crippen molar-refractivity contribution in [2.24, 2.45) is 0 Å². The molecule has 0 bridgehead atoms. The molecule has 3 rings (SSSR count). The van der Waals surface area contributed by atoms with Crippen LogP contribution in [0.3, 0.4) is 0 Å². The number of hydrogen-bond donors (Lipinski definition) is 0. The monoisotopic (exact) mass is 293 g/mol. The molecule has 0 spiro atoms.